The van der Waals surface area contributed by atoms with Crippen LogP contribution in [-0.4, -0.2) is 16.9 Å². The zero-order chi connectivity index (χ0) is 24.2. The van der Waals surface area contributed by atoms with Crippen LogP contribution in [-0.2, 0) is 9.59 Å². The Hall–Kier alpha value is -0.860. The molecule has 0 unspecified atom stereocenters. The summed E-state index contributed by atoms with van der Waals surface area (Å²) in [6.45, 7) is 16.9. The lowest BCUT2D eigenvalue weighted by Crippen LogP contribution is -2.70. The van der Waals surface area contributed by atoms with Gasteiger partial charge >= 0.3 is 5.97 Å². The topological polar surface area (TPSA) is 54.4 Å². The van der Waals surface area contributed by atoms with Gasteiger partial charge in [0.15, 0.2) is 0 Å². The molecule has 3 heteroatoms. The lowest BCUT2D eigenvalue weighted by Gasteiger charge is -2.74. The number of Topliss-reactive ketones (excluding diaryl/α,β-unsaturated/α-hetero) is 1. The number of hydrogen-bond donors (Lipinski definition) is 1. The summed E-state index contributed by atoms with van der Waals surface area (Å²) >= 11 is 0. The summed E-state index contributed by atoms with van der Waals surface area (Å²) in [5.74, 6) is 0.839. The Morgan fingerprint density at radius 2 is 1.39 bits per heavy atom. The lowest BCUT2D eigenvalue weighted by atomic mass is 9.30. The molecule has 9 atom stereocenters. The van der Waals surface area contributed by atoms with E-state index in [-0.39, 0.29) is 34.0 Å². The molecule has 5 saturated carbocycles. The van der Waals surface area contributed by atoms with Crippen molar-refractivity contribution >= 4 is 11.8 Å². The molecule has 0 spiro atoms. The monoisotopic (exact) mass is 456 g/mol. The highest BCUT2D eigenvalue weighted by Crippen LogP contribution is 2.78. The van der Waals surface area contributed by atoms with Gasteiger partial charge < -0.3 is 5.11 Å². The minimum Gasteiger partial charge on any atom is -0.481 e. The molecule has 3 nitrogen and oxygen atoms in total. The zero-order valence-corrected chi connectivity index (χ0v) is 22.4. The van der Waals surface area contributed by atoms with Crippen LogP contribution in [0, 0.1) is 56.2 Å². The summed E-state index contributed by atoms with van der Waals surface area (Å²) in [7, 11) is 0. The van der Waals surface area contributed by atoms with Gasteiger partial charge in [-0.05, 0) is 109 Å². The van der Waals surface area contributed by atoms with Crippen molar-refractivity contribution in [2.75, 3.05) is 0 Å². The number of hydrogen-bond acceptors (Lipinski definition) is 2. The van der Waals surface area contributed by atoms with Crippen molar-refractivity contribution in [3.05, 3.63) is 0 Å². The summed E-state index contributed by atoms with van der Waals surface area (Å²) in [5, 5.41) is 11.0. The zero-order valence-electron chi connectivity index (χ0n) is 22.4. The van der Waals surface area contributed by atoms with Crippen molar-refractivity contribution in [3.63, 3.8) is 0 Å². The van der Waals surface area contributed by atoms with Crippen LogP contribution in [0.3, 0.4) is 0 Å². The second-order valence-electron chi connectivity index (χ2n) is 15.1. The maximum Gasteiger partial charge on any atom is 0.310 e. The Kier molecular flexibility index (Phi) is 4.97. The third kappa shape index (κ3) is 2.80. The first-order valence-corrected chi connectivity index (χ1v) is 13.9. The molecule has 5 aliphatic rings. The van der Waals surface area contributed by atoms with E-state index < -0.39 is 11.4 Å². The molecule has 0 aliphatic heterocycles. The summed E-state index contributed by atoms with van der Waals surface area (Å²) in [6, 6.07) is 0. The van der Waals surface area contributed by atoms with Gasteiger partial charge in [-0.2, -0.15) is 0 Å². The fourth-order valence-electron chi connectivity index (χ4n) is 11.1. The van der Waals surface area contributed by atoms with Crippen LogP contribution in [0.1, 0.15) is 119 Å². The van der Waals surface area contributed by atoms with Crippen molar-refractivity contribution in [1.82, 2.24) is 0 Å². The third-order valence-corrected chi connectivity index (χ3v) is 13.6. The summed E-state index contributed by atoms with van der Waals surface area (Å²) < 4.78 is 0. The van der Waals surface area contributed by atoms with Gasteiger partial charge in [-0.3, -0.25) is 9.59 Å². The predicted octanol–water partition coefficient (Wildman–Crippen LogP) is 7.52. The molecule has 5 rings (SSSR count). The molecule has 33 heavy (non-hydrogen) atoms. The van der Waals surface area contributed by atoms with E-state index in [4.69, 9.17) is 0 Å². The molecule has 5 aliphatic carbocycles. The lowest BCUT2D eigenvalue weighted by molar-refractivity contribution is -0.261. The minimum absolute atomic E-state index is 0.0108. The molecule has 5 fully saturated rings. The number of aliphatic carboxylic acids is 1. The average Bonchev–Trinajstić information content (AvgIpc) is 2.74. The van der Waals surface area contributed by atoms with Crippen LogP contribution in [0.15, 0.2) is 0 Å². The Bertz CT molecular complexity index is 876. The average molecular weight is 457 g/mol. The van der Waals surface area contributed by atoms with Gasteiger partial charge in [-0.25, -0.2) is 0 Å². The van der Waals surface area contributed by atoms with Crippen LogP contribution in [0.5, 0.6) is 0 Å². The van der Waals surface area contributed by atoms with Gasteiger partial charge in [0.2, 0.25) is 0 Å². The van der Waals surface area contributed by atoms with E-state index in [1.165, 1.54) is 32.1 Å². The molecular formula is C30H48O3. The van der Waals surface area contributed by atoms with Gasteiger partial charge in [0.25, 0.3) is 0 Å². The van der Waals surface area contributed by atoms with Crippen LogP contribution < -0.4 is 0 Å². The molecule has 0 bridgehead atoms. The first-order chi connectivity index (χ1) is 15.2. The Balaban J connectivity index is 1.61. The van der Waals surface area contributed by atoms with Gasteiger partial charge in [-0.15, -0.1) is 0 Å². The van der Waals surface area contributed by atoms with E-state index >= 15 is 0 Å². The molecule has 0 heterocycles. The van der Waals surface area contributed by atoms with E-state index in [1.807, 2.05) is 0 Å². The SMILES string of the molecule is C[C@H]1C(=O)CC[C@H]2[C@]1(C)CC[C@@H]1[C@@]2(C(=O)O)CC[C@@]2(C)[C@@H]3CC(C)(C)CC[C@]3(C)CC[C@]12C. The predicted molar refractivity (Wildman–Crippen MR) is 132 cm³/mol. The fraction of sp³-hybridized carbons (Fsp3) is 0.933. The van der Waals surface area contributed by atoms with Crippen molar-refractivity contribution in [2.45, 2.75) is 119 Å². The molecule has 0 aromatic rings. The van der Waals surface area contributed by atoms with Gasteiger partial charge in [0.1, 0.15) is 5.78 Å². The molecular weight excluding hydrogens is 408 g/mol. The summed E-state index contributed by atoms with van der Waals surface area (Å²) in [4.78, 5) is 26.1. The minimum atomic E-state index is -0.659. The van der Waals surface area contributed by atoms with Crippen molar-refractivity contribution < 1.29 is 14.7 Å². The number of carbonyl (C=O) groups excluding carboxylic acids is 1. The number of carboxylic acid groups (broad SMARTS) is 1. The van der Waals surface area contributed by atoms with Crippen molar-refractivity contribution in [3.8, 4) is 0 Å². The number of rotatable bonds is 1. The normalized spacial score (nSPS) is 55.5. The third-order valence-electron chi connectivity index (χ3n) is 13.6. The molecule has 1 N–H and O–H groups in total. The molecule has 186 valence electrons. The molecule has 0 saturated heterocycles. The van der Waals surface area contributed by atoms with Gasteiger partial charge in [-0.1, -0.05) is 48.5 Å². The van der Waals surface area contributed by atoms with E-state index in [0.717, 1.165) is 32.1 Å². The van der Waals surface area contributed by atoms with E-state index in [2.05, 4.69) is 48.5 Å². The van der Waals surface area contributed by atoms with Crippen LogP contribution >= 0.6 is 0 Å². The second kappa shape index (κ2) is 6.88. The largest absolute Gasteiger partial charge is 0.481 e. The Labute approximate surface area is 201 Å². The molecule has 0 radical (unpaired) electrons. The number of carbonyl (C=O) groups is 2. The molecule has 0 aromatic carbocycles. The van der Waals surface area contributed by atoms with Crippen LogP contribution in [0.4, 0.5) is 0 Å². The number of ketones is 1. The highest BCUT2D eigenvalue weighted by Gasteiger charge is 2.74. The maximum absolute atomic E-state index is 13.4. The second-order valence-corrected chi connectivity index (χ2v) is 15.1. The van der Waals surface area contributed by atoms with Gasteiger partial charge in [0.05, 0.1) is 5.41 Å². The van der Waals surface area contributed by atoms with Crippen molar-refractivity contribution in [2.24, 2.45) is 56.2 Å². The van der Waals surface area contributed by atoms with Gasteiger partial charge in [0, 0.05) is 12.3 Å². The standard InChI is InChI=1S/C30H48O3/c1-19-20(31)8-9-21-27(19,5)11-10-22-28(6)15-14-26(4)13-12-25(2,3)18-23(26)29(28,7)16-17-30(21,22)24(32)33/h19,21-23H,8-18H2,1-7H3,(H,32,33)/t19-,21-,22-,23+,26+,27+,28+,29-,30+/m0/s1. The highest BCUT2D eigenvalue weighted by molar-refractivity contribution is 5.84. The molecule has 0 amide bonds. The first-order valence-electron chi connectivity index (χ1n) is 13.9. The van der Waals surface area contributed by atoms with Crippen LogP contribution in [0.25, 0.3) is 0 Å². The summed E-state index contributed by atoms with van der Waals surface area (Å²) in [5.41, 5.74) is 0.232. The van der Waals surface area contributed by atoms with E-state index in [1.54, 1.807) is 0 Å². The Morgan fingerprint density at radius 1 is 0.788 bits per heavy atom. The fourth-order valence-corrected chi connectivity index (χ4v) is 11.1. The summed E-state index contributed by atoms with van der Waals surface area (Å²) in [6.07, 6.45) is 11.6. The molecule has 0 aromatic heterocycles. The quantitative estimate of drug-likeness (QED) is 0.444. The smallest absolute Gasteiger partial charge is 0.310 e. The van der Waals surface area contributed by atoms with Crippen molar-refractivity contribution in [1.29, 1.82) is 0 Å². The number of fused-ring (bicyclic) bond motifs is 7. The Morgan fingerprint density at radius 3 is 2.06 bits per heavy atom. The highest BCUT2D eigenvalue weighted by atomic mass is 16.4. The van der Waals surface area contributed by atoms with Crippen LogP contribution in [0.2, 0.25) is 0 Å². The maximum atomic E-state index is 13.4. The van der Waals surface area contributed by atoms with E-state index in [0.29, 0.717) is 29.0 Å². The van der Waals surface area contributed by atoms with E-state index in [9.17, 15) is 14.7 Å². The number of carboxylic acids is 1. The first kappa shape index (κ1) is 23.9.